The Bertz CT molecular complexity index is 962. The first-order chi connectivity index (χ1) is 13.2. The van der Waals surface area contributed by atoms with Crippen LogP contribution in [-0.4, -0.2) is 58.1 Å². The third-order valence-electron chi connectivity index (χ3n) is 5.04. The van der Waals surface area contributed by atoms with Crippen molar-refractivity contribution in [3.8, 4) is 0 Å². The highest BCUT2D eigenvalue weighted by molar-refractivity contribution is 7.99. The third kappa shape index (κ3) is 4.32. The number of amides is 1. The molecule has 1 saturated heterocycles. The van der Waals surface area contributed by atoms with Crippen molar-refractivity contribution in [3.05, 3.63) is 24.3 Å². The number of benzene rings is 1. The second-order valence-electron chi connectivity index (χ2n) is 6.93. The molecule has 0 saturated carbocycles. The maximum atomic E-state index is 13.5. The predicted molar refractivity (Wildman–Crippen MR) is 105 cm³/mol. The smallest absolute Gasteiger partial charge is 0.321 e. The molecule has 6 nitrogen and oxygen atoms in total. The van der Waals surface area contributed by atoms with Crippen LogP contribution in [0.3, 0.4) is 0 Å². The van der Waals surface area contributed by atoms with Gasteiger partial charge in [0.1, 0.15) is 0 Å². The Morgan fingerprint density at radius 3 is 2.71 bits per heavy atom. The number of carbonyl (C=O) groups is 1. The summed E-state index contributed by atoms with van der Waals surface area (Å²) in [5, 5.41) is 0.0766. The van der Waals surface area contributed by atoms with Crippen LogP contribution in [0.25, 0.3) is 11.0 Å². The molecule has 2 unspecified atom stereocenters. The quantitative estimate of drug-likeness (QED) is 0.629. The van der Waals surface area contributed by atoms with Crippen LogP contribution in [0, 0.1) is 0 Å². The van der Waals surface area contributed by atoms with Crippen molar-refractivity contribution in [2.45, 2.75) is 50.5 Å². The molecular formula is C18H23F2N3O3S2. The number of imidazole rings is 1. The molecule has 154 valence electrons. The first-order valence-corrected chi connectivity index (χ1v) is 11.9. The van der Waals surface area contributed by atoms with Crippen LogP contribution in [0.4, 0.5) is 8.78 Å². The van der Waals surface area contributed by atoms with Gasteiger partial charge in [-0.25, -0.2) is 13.4 Å². The van der Waals surface area contributed by atoms with Gasteiger partial charge < -0.3 is 4.90 Å². The van der Waals surface area contributed by atoms with Crippen LogP contribution in [0.15, 0.2) is 29.4 Å². The summed E-state index contributed by atoms with van der Waals surface area (Å²) in [6.45, 7) is 1.04. The SMILES string of the molecule is CCC(C)N(C(=O)CSc1nc2ccccc2n1C(F)F)C1CCS(=O)(=O)C1. The lowest BCUT2D eigenvalue weighted by molar-refractivity contribution is -0.132. The molecule has 0 radical (unpaired) electrons. The first kappa shape index (κ1) is 21.0. The van der Waals surface area contributed by atoms with Gasteiger partial charge >= 0.3 is 6.55 Å². The van der Waals surface area contributed by atoms with Gasteiger partial charge in [-0.05, 0) is 31.9 Å². The monoisotopic (exact) mass is 431 g/mol. The van der Waals surface area contributed by atoms with E-state index in [1.165, 1.54) is 0 Å². The van der Waals surface area contributed by atoms with Crippen molar-refractivity contribution in [1.29, 1.82) is 0 Å². The van der Waals surface area contributed by atoms with E-state index in [9.17, 15) is 22.0 Å². The zero-order valence-electron chi connectivity index (χ0n) is 15.7. The Balaban J connectivity index is 1.80. The highest BCUT2D eigenvalue weighted by atomic mass is 32.2. The zero-order chi connectivity index (χ0) is 20.5. The number of aromatic nitrogens is 2. The number of fused-ring (bicyclic) bond motifs is 1. The average molecular weight is 432 g/mol. The van der Waals surface area contributed by atoms with E-state index < -0.39 is 16.4 Å². The minimum absolute atomic E-state index is 0.0384. The maximum Gasteiger partial charge on any atom is 0.321 e. The second kappa shape index (κ2) is 8.36. The van der Waals surface area contributed by atoms with Gasteiger partial charge in [-0.15, -0.1) is 0 Å². The van der Waals surface area contributed by atoms with Gasteiger partial charge in [-0.1, -0.05) is 30.8 Å². The number of thioether (sulfide) groups is 1. The van der Waals surface area contributed by atoms with E-state index in [-0.39, 0.29) is 40.4 Å². The van der Waals surface area contributed by atoms with E-state index in [2.05, 4.69) is 4.98 Å². The van der Waals surface area contributed by atoms with E-state index in [4.69, 9.17) is 0 Å². The number of carbonyl (C=O) groups excluding carboxylic acids is 1. The summed E-state index contributed by atoms with van der Waals surface area (Å²) in [4.78, 5) is 18.7. The molecule has 1 fully saturated rings. The summed E-state index contributed by atoms with van der Waals surface area (Å²) >= 11 is 0.955. The Morgan fingerprint density at radius 2 is 2.11 bits per heavy atom. The van der Waals surface area contributed by atoms with Gasteiger partial charge in [-0.2, -0.15) is 8.78 Å². The fourth-order valence-corrected chi connectivity index (χ4v) is 6.11. The molecule has 0 bridgehead atoms. The molecule has 28 heavy (non-hydrogen) atoms. The van der Waals surface area contributed by atoms with Crippen molar-refractivity contribution in [2.24, 2.45) is 0 Å². The molecule has 3 rings (SSSR count). The number of nitrogens with zero attached hydrogens (tertiary/aromatic N) is 3. The second-order valence-corrected chi connectivity index (χ2v) is 10.1. The Labute approximate surface area is 167 Å². The van der Waals surface area contributed by atoms with Crippen LogP contribution in [0.1, 0.15) is 33.2 Å². The van der Waals surface area contributed by atoms with Crippen molar-refractivity contribution >= 4 is 38.5 Å². The molecule has 1 aromatic heterocycles. The van der Waals surface area contributed by atoms with E-state index in [1.54, 1.807) is 29.2 Å². The summed E-state index contributed by atoms with van der Waals surface area (Å²) in [6, 6.07) is 6.11. The maximum absolute atomic E-state index is 13.5. The number of rotatable bonds is 7. The van der Waals surface area contributed by atoms with Gasteiger partial charge in [-0.3, -0.25) is 9.36 Å². The molecular weight excluding hydrogens is 408 g/mol. The van der Waals surface area contributed by atoms with Crippen LogP contribution in [-0.2, 0) is 14.6 Å². The summed E-state index contributed by atoms with van der Waals surface area (Å²) < 4.78 is 51.6. The number of para-hydroxylation sites is 2. The molecule has 2 atom stereocenters. The van der Waals surface area contributed by atoms with Gasteiger partial charge in [0.15, 0.2) is 15.0 Å². The van der Waals surface area contributed by atoms with Gasteiger partial charge in [0.05, 0.1) is 28.3 Å². The zero-order valence-corrected chi connectivity index (χ0v) is 17.3. The fraction of sp³-hybridized carbons (Fsp3) is 0.556. The van der Waals surface area contributed by atoms with Gasteiger partial charge in [0, 0.05) is 12.1 Å². The Kier molecular flexibility index (Phi) is 6.28. The van der Waals surface area contributed by atoms with E-state index in [0.717, 1.165) is 16.3 Å². The van der Waals surface area contributed by atoms with E-state index in [1.807, 2.05) is 13.8 Å². The molecule has 1 amide bonds. The topological polar surface area (TPSA) is 72.3 Å². The van der Waals surface area contributed by atoms with Crippen LogP contribution in [0.5, 0.6) is 0 Å². The normalized spacial score (nSPS) is 20.0. The molecule has 0 spiro atoms. The molecule has 10 heteroatoms. The lowest BCUT2D eigenvalue weighted by Crippen LogP contribution is -2.47. The molecule has 0 N–H and O–H groups in total. The van der Waals surface area contributed by atoms with Crippen LogP contribution >= 0.6 is 11.8 Å². The summed E-state index contributed by atoms with van der Waals surface area (Å²) in [6.07, 6.45) is 1.10. The number of alkyl halides is 2. The lowest BCUT2D eigenvalue weighted by Gasteiger charge is -2.33. The largest absolute Gasteiger partial charge is 0.335 e. The molecule has 2 heterocycles. The van der Waals surface area contributed by atoms with Crippen molar-refractivity contribution in [2.75, 3.05) is 17.3 Å². The number of halogens is 2. The molecule has 2 aromatic rings. The fourth-order valence-electron chi connectivity index (χ4n) is 3.51. The minimum Gasteiger partial charge on any atom is -0.335 e. The number of sulfone groups is 1. The van der Waals surface area contributed by atoms with Crippen molar-refractivity contribution in [1.82, 2.24) is 14.5 Å². The van der Waals surface area contributed by atoms with Gasteiger partial charge in [0.2, 0.25) is 5.91 Å². The summed E-state index contributed by atoms with van der Waals surface area (Å²) in [5.41, 5.74) is 0.756. The Morgan fingerprint density at radius 1 is 1.39 bits per heavy atom. The van der Waals surface area contributed by atoms with E-state index >= 15 is 0 Å². The molecule has 1 aliphatic heterocycles. The van der Waals surface area contributed by atoms with Crippen LogP contribution < -0.4 is 0 Å². The first-order valence-electron chi connectivity index (χ1n) is 9.13. The summed E-state index contributed by atoms with van der Waals surface area (Å²) in [7, 11) is -3.13. The highest BCUT2D eigenvalue weighted by Crippen LogP contribution is 2.30. The molecule has 1 aromatic carbocycles. The standard InChI is InChI=1S/C18H23F2N3O3S2/c1-3-12(2)22(13-8-9-28(25,26)11-13)16(24)10-27-18-21-14-6-4-5-7-15(14)23(18)17(19)20/h4-7,12-13,17H,3,8-11H2,1-2H3. The Hall–Kier alpha value is -1.68. The molecule has 1 aliphatic rings. The third-order valence-corrected chi connectivity index (χ3v) is 7.73. The van der Waals surface area contributed by atoms with Gasteiger partial charge in [0.25, 0.3) is 0 Å². The lowest BCUT2D eigenvalue weighted by atomic mass is 10.1. The number of hydrogen-bond acceptors (Lipinski definition) is 5. The average Bonchev–Trinajstić information content (AvgIpc) is 3.19. The van der Waals surface area contributed by atoms with Crippen molar-refractivity contribution < 1.29 is 22.0 Å². The molecule has 0 aliphatic carbocycles. The van der Waals surface area contributed by atoms with Crippen LogP contribution in [0.2, 0.25) is 0 Å². The minimum atomic E-state index is -3.13. The van der Waals surface area contributed by atoms with Crippen molar-refractivity contribution in [3.63, 3.8) is 0 Å². The predicted octanol–water partition coefficient (Wildman–Crippen LogP) is 3.34. The summed E-state index contributed by atoms with van der Waals surface area (Å²) in [5.74, 6) is -0.291. The number of hydrogen-bond donors (Lipinski definition) is 0. The van der Waals surface area contributed by atoms with E-state index in [0.29, 0.717) is 23.9 Å². The highest BCUT2D eigenvalue weighted by Gasteiger charge is 2.36.